The third kappa shape index (κ3) is 8.97. The molecule has 0 radical (unpaired) electrons. The van der Waals surface area contributed by atoms with E-state index in [4.69, 9.17) is 5.73 Å². The zero-order valence-corrected chi connectivity index (χ0v) is 20.3. The van der Waals surface area contributed by atoms with E-state index in [1.165, 1.54) is 20.9 Å². The summed E-state index contributed by atoms with van der Waals surface area (Å²) in [5.74, 6) is -6.04. The highest BCUT2D eigenvalue weighted by atomic mass is 32.2. The number of carboxylic acid groups (broad SMARTS) is 1. The Labute approximate surface area is 205 Å². The molecule has 5 amide bonds. The van der Waals surface area contributed by atoms with Crippen molar-refractivity contribution < 1.29 is 44.1 Å². The molecule has 0 aromatic rings. The first kappa shape index (κ1) is 30.1. The van der Waals surface area contributed by atoms with Crippen molar-refractivity contribution in [1.29, 1.82) is 0 Å². The predicted molar refractivity (Wildman–Crippen MR) is 123 cm³/mol. The van der Waals surface area contributed by atoms with Crippen LogP contribution in [-0.4, -0.2) is 112 Å². The van der Waals surface area contributed by atoms with E-state index in [-0.39, 0.29) is 5.75 Å². The molecule has 1 heterocycles. The first-order valence-electron chi connectivity index (χ1n) is 10.6. The summed E-state index contributed by atoms with van der Waals surface area (Å²) in [5, 5.41) is 39.9. The molecule has 0 spiro atoms. The minimum Gasteiger partial charge on any atom is -0.480 e. The molecule has 0 saturated carbocycles. The average molecular weight is 521 g/mol. The SMILES string of the molecule is CNC1CSC(C(=O)O)[C@H]([C@@H](C)O)NC(=O)C(CC(N)=O)NC(=O)C(C)NC(=O)C(CO)NC1=O. The van der Waals surface area contributed by atoms with Gasteiger partial charge in [-0.1, -0.05) is 0 Å². The van der Waals surface area contributed by atoms with Gasteiger partial charge in [-0.2, -0.15) is 0 Å². The molecule has 15 nitrogen and oxygen atoms in total. The number of carboxylic acids is 1. The van der Waals surface area contributed by atoms with Crippen LogP contribution in [0.25, 0.3) is 0 Å². The first-order chi connectivity index (χ1) is 16.3. The molecule has 35 heavy (non-hydrogen) atoms. The Morgan fingerprint density at radius 3 is 2.11 bits per heavy atom. The molecule has 198 valence electrons. The lowest BCUT2D eigenvalue weighted by Gasteiger charge is -2.30. The van der Waals surface area contributed by atoms with E-state index in [2.05, 4.69) is 26.6 Å². The van der Waals surface area contributed by atoms with Gasteiger partial charge in [-0.05, 0) is 20.9 Å². The zero-order valence-electron chi connectivity index (χ0n) is 19.4. The van der Waals surface area contributed by atoms with Crippen LogP contribution in [0.4, 0.5) is 0 Å². The Balaban J connectivity index is 3.42. The van der Waals surface area contributed by atoms with Gasteiger partial charge in [0, 0.05) is 5.75 Å². The maximum atomic E-state index is 12.9. The van der Waals surface area contributed by atoms with Gasteiger partial charge in [-0.25, -0.2) is 0 Å². The number of carbonyl (C=O) groups is 6. The van der Waals surface area contributed by atoms with E-state index >= 15 is 0 Å². The lowest BCUT2D eigenvalue weighted by atomic mass is 10.1. The summed E-state index contributed by atoms with van der Waals surface area (Å²) in [4.78, 5) is 74.0. The number of rotatable bonds is 6. The number of hydrogen-bond acceptors (Lipinski definition) is 10. The number of aliphatic hydroxyl groups is 2. The number of thioether (sulfide) groups is 1. The molecule has 1 aliphatic heterocycles. The molecule has 0 aromatic carbocycles. The number of nitrogens with one attached hydrogen (secondary N) is 5. The Morgan fingerprint density at radius 1 is 1.06 bits per heavy atom. The summed E-state index contributed by atoms with van der Waals surface area (Å²) in [5.41, 5.74) is 5.17. The number of amides is 5. The van der Waals surface area contributed by atoms with Crippen LogP contribution >= 0.6 is 11.8 Å². The molecular formula is C19H32N6O9S. The van der Waals surface area contributed by atoms with E-state index < -0.39 is 90.1 Å². The topological polar surface area (TPSA) is 249 Å². The lowest BCUT2D eigenvalue weighted by molar-refractivity contribution is -0.139. The van der Waals surface area contributed by atoms with Crippen LogP contribution in [0.1, 0.15) is 20.3 Å². The lowest BCUT2D eigenvalue weighted by Crippen LogP contribution is -2.61. The van der Waals surface area contributed by atoms with Gasteiger partial charge < -0.3 is 47.6 Å². The molecule has 0 bridgehead atoms. The molecule has 1 aliphatic rings. The molecule has 0 aromatic heterocycles. The standard InChI is InChI=1S/C19H32N6O9S/c1-7-15(29)23-9(4-12(20)28)16(30)25-13(8(2)27)14(19(33)34)35-6-11(21-3)18(32)24-10(5-26)17(31)22-7/h7-11,13-14,21,26-27H,4-6H2,1-3H3,(H2,20,28)(H,22,31)(H,23,29)(H,24,32)(H,25,30)(H,33,34)/t7?,8-,9?,10?,11?,13+,14?/m1/s1. The molecule has 10 N–H and O–H groups in total. The number of carbonyl (C=O) groups excluding carboxylic acids is 5. The highest BCUT2D eigenvalue weighted by Crippen LogP contribution is 2.20. The van der Waals surface area contributed by atoms with Crippen LogP contribution in [0.15, 0.2) is 0 Å². The Bertz CT molecular complexity index is 827. The monoisotopic (exact) mass is 520 g/mol. The minimum absolute atomic E-state index is 0.157. The first-order valence-corrected chi connectivity index (χ1v) is 11.7. The van der Waals surface area contributed by atoms with Gasteiger partial charge in [-0.15, -0.1) is 11.8 Å². The molecule has 1 saturated heterocycles. The van der Waals surface area contributed by atoms with E-state index in [1.807, 2.05) is 0 Å². The van der Waals surface area contributed by atoms with Gasteiger partial charge in [0.05, 0.1) is 31.2 Å². The van der Waals surface area contributed by atoms with E-state index in [0.29, 0.717) is 0 Å². The number of aliphatic hydroxyl groups excluding tert-OH is 2. The number of likely N-dealkylation sites (N-methyl/N-ethyl adjacent to an activating group) is 1. The number of hydrogen-bond donors (Lipinski definition) is 9. The second-order valence-corrected chi connectivity index (χ2v) is 9.09. The fourth-order valence-electron chi connectivity index (χ4n) is 3.09. The quantitative estimate of drug-likeness (QED) is 0.160. The maximum absolute atomic E-state index is 12.9. The van der Waals surface area contributed by atoms with E-state index in [0.717, 1.165) is 11.8 Å². The fraction of sp³-hybridized carbons (Fsp3) is 0.684. The molecule has 7 atom stereocenters. The summed E-state index contributed by atoms with van der Waals surface area (Å²) in [7, 11) is 1.42. The van der Waals surface area contributed by atoms with Gasteiger partial charge >= 0.3 is 5.97 Å². The summed E-state index contributed by atoms with van der Waals surface area (Å²) in [6.45, 7) is 1.70. The molecule has 5 unspecified atom stereocenters. The van der Waals surface area contributed by atoms with Gasteiger partial charge in [0.1, 0.15) is 23.4 Å². The van der Waals surface area contributed by atoms with Crippen LogP contribution in [0.2, 0.25) is 0 Å². The highest BCUT2D eigenvalue weighted by molar-refractivity contribution is 8.00. The van der Waals surface area contributed by atoms with Crippen LogP contribution < -0.4 is 32.3 Å². The minimum atomic E-state index is -1.54. The Kier molecular flexibility index (Phi) is 11.9. The summed E-state index contributed by atoms with van der Waals surface area (Å²) in [6, 6.07) is -6.64. The number of aliphatic carboxylic acids is 1. The summed E-state index contributed by atoms with van der Waals surface area (Å²) in [6.07, 6.45) is -2.03. The van der Waals surface area contributed by atoms with Crippen LogP contribution in [-0.2, 0) is 28.8 Å². The van der Waals surface area contributed by atoms with Gasteiger partial charge in [0.2, 0.25) is 29.5 Å². The van der Waals surface area contributed by atoms with Crippen molar-refractivity contribution in [2.24, 2.45) is 5.73 Å². The van der Waals surface area contributed by atoms with Crippen molar-refractivity contribution in [2.75, 3.05) is 19.4 Å². The van der Waals surface area contributed by atoms with Crippen molar-refractivity contribution in [3.05, 3.63) is 0 Å². The normalized spacial score (nSPS) is 30.3. The predicted octanol–water partition coefficient (Wildman–Crippen LogP) is -5.02. The largest absolute Gasteiger partial charge is 0.480 e. The van der Waals surface area contributed by atoms with Crippen LogP contribution in [0.5, 0.6) is 0 Å². The smallest absolute Gasteiger partial charge is 0.318 e. The van der Waals surface area contributed by atoms with Crippen LogP contribution in [0.3, 0.4) is 0 Å². The summed E-state index contributed by atoms with van der Waals surface area (Å²) < 4.78 is 0. The highest BCUT2D eigenvalue weighted by Gasteiger charge is 2.37. The molecule has 1 fully saturated rings. The third-order valence-corrected chi connectivity index (χ3v) is 6.49. The van der Waals surface area contributed by atoms with Crippen molar-refractivity contribution in [1.82, 2.24) is 26.6 Å². The Morgan fingerprint density at radius 2 is 1.63 bits per heavy atom. The van der Waals surface area contributed by atoms with E-state index in [1.54, 1.807) is 0 Å². The van der Waals surface area contributed by atoms with E-state index in [9.17, 15) is 44.1 Å². The van der Waals surface area contributed by atoms with Crippen LogP contribution in [0, 0.1) is 0 Å². The van der Waals surface area contributed by atoms with Crippen molar-refractivity contribution in [2.45, 2.75) is 61.8 Å². The second kappa shape index (κ2) is 13.8. The van der Waals surface area contributed by atoms with Gasteiger partial charge in [-0.3, -0.25) is 28.8 Å². The van der Waals surface area contributed by atoms with Gasteiger partial charge in [0.25, 0.3) is 0 Å². The fourth-order valence-corrected chi connectivity index (χ4v) is 4.45. The third-order valence-electron chi connectivity index (χ3n) is 5.11. The average Bonchev–Trinajstić information content (AvgIpc) is 2.76. The maximum Gasteiger partial charge on any atom is 0.318 e. The Hall–Kier alpha value is -2.95. The summed E-state index contributed by atoms with van der Waals surface area (Å²) >= 11 is 0.726. The number of primary amides is 1. The molecular weight excluding hydrogens is 488 g/mol. The van der Waals surface area contributed by atoms with Crippen molar-refractivity contribution in [3.8, 4) is 0 Å². The zero-order chi connectivity index (χ0) is 26.9. The number of nitrogens with two attached hydrogens (primary N) is 1. The van der Waals surface area contributed by atoms with Crippen molar-refractivity contribution in [3.63, 3.8) is 0 Å². The van der Waals surface area contributed by atoms with Gasteiger partial charge in [0.15, 0.2) is 0 Å². The molecule has 16 heteroatoms. The second-order valence-electron chi connectivity index (χ2n) is 7.91. The van der Waals surface area contributed by atoms with Crippen molar-refractivity contribution >= 4 is 47.3 Å². The molecule has 0 aliphatic carbocycles. The molecule has 1 rings (SSSR count).